The molecule has 2 aromatic carbocycles. The standard InChI is InChI=1S/C20H16FN3O3/c21-17-4-2-1-3-16(17)18(24-20(26)27)19(25)23-15-7-5-13(6-8-15)14-9-11-22-12-10-14/h1-12,18,24H,(H,23,25)(H,26,27). The predicted octanol–water partition coefficient (Wildman–Crippen LogP) is 3.84. The number of anilines is 1. The summed E-state index contributed by atoms with van der Waals surface area (Å²) in [4.78, 5) is 27.5. The molecule has 3 rings (SSSR count). The van der Waals surface area contributed by atoms with Gasteiger partial charge in [0.1, 0.15) is 11.9 Å². The van der Waals surface area contributed by atoms with Gasteiger partial charge in [0, 0.05) is 23.6 Å². The van der Waals surface area contributed by atoms with E-state index in [4.69, 9.17) is 5.11 Å². The quantitative estimate of drug-likeness (QED) is 0.641. The number of pyridine rings is 1. The van der Waals surface area contributed by atoms with Gasteiger partial charge in [-0.1, -0.05) is 30.3 Å². The summed E-state index contributed by atoms with van der Waals surface area (Å²) in [5.74, 6) is -1.35. The third-order valence-corrected chi connectivity index (χ3v) is 3.91. The number of hydrogen-bond acceptors (Lipinski definition) is 3. The number of hydrogen-bond donors (Lipinski definition) is 3. The summed E-state index contributed by atoms with van der Waals surface area (Å²) in [5, 5.41) is 13.7. The van der Waals surface area contributed by atoms with Crippen molar-refractivity contribution in [2.45, 2.75) is 6.04 Å². The summed E-state index contributed by atoms with van der Waals surface area (Å²) in [6, 6.07) is 14.9. The Morgan fingerprint density at radius 1 is 0.926 bits per heavy atom. The Morgan fingerprint density at radius 3 is 2.19 bits per heavy atom. The van der Waals surface area contributed by atoms with E-state index < -0.39 is 23.9 Å². The molecule has 1 atom stereocenters. The largest absolute Gasteiger partial charge is 0.465 e. The van der Waals surface area contributed by atoms with Gasteiger partial charge in [-0.05, 0) is 41.5 Å². The lowest BCUT2D eigenvalue weighted by atomic mass is 10.0. The summed E-state index contributed by atoms with van der Waals surface area (Å²) in [6.07, 6.45) is 1.94. The molecule has 0 fully saturated rings. The van der Waals surface area contributed by atoms with E-state index in [0.29, 0.717) is 5.69 Å². The summed E-state index contributed by atoms with van der Waals surface area (Å²) < 4.78 is 14.0. The first-order valence-corrected chi connectivity index (χ1v) is 8.10. The van der Waals surface area contributed by atoms with Crippen molar-refractivity contribution in [1.82, 2.24) is 10.3 Å². The molecule has 3 N–H and O–H groups in total. The number of amides is 2. The number of benzene rings is 2. The smallest absolute Gasteiger partial charge is 0.405 e. The monoisotopic (exact) mass is 365 g/mol. The van der Waals surface area contributed by atoms with Crippen molar-refractivity contribution in [2.75, 3.05) is 5.32 Å². The van der Waals surface area contributed by atoms with Crippen molar-refractivity contribution in [3.63, 3.8) is 0 Å². The van der Waals surface area contributed by atoms with Crippen molar-refractivity contribution in [1.29, 1.82) is 0 Å². The van der Waals surface area contributed by atoms with Gasteiger partial charge in [0.2, 0.25) is 0 Å². The number of nitrogens with one attached hydrogen (secondary N) is 2. The van der Waals surface area contributed by atoms with Gasteiger partial charge < -0.3 is 15.7 Å². The number of carbonyl (C=O) groups is 2. The lowest BCUT2D eigenvalue weighted by Crippen LogP contribution is -2.36. The molecule has 0 saturated carbocycles. The van der Waals surface area contributed by atoms with Crippen LogP contribution in [0.1, 0.15) is 11.6 Å². The first-order valence-electron chi connectivity index (χ1n) is 8.10. The average molecular weight is 365 g/mol. The van der Waals surface area contributed by atoms with E-state index in [9.17, 15) is 14.0 Å². The second-order valence-electron chi connectivity index (χ2n) is 5.71. The second-order valence-corrected chi connectivity index (χ2v) is 5.71. The van der Waals surface area contributed by atoms with Crippen LogP contribution in [0.15, 0.2) is 73.1 Å². The first kappa shape index (κ1) is 18.1. The highest BCUT2D eigenvalue weighted by atomic mass is 19.1. The summed E-state index contributed by atoms with van der Waals surface area (Å²) in [7, 11) is 0. The molecule has 27 heavy (non-hydrogen) atoms. The highest BCUT2D eigenvalue weighted by molar-refractivity contribution is 5.97. The van der Waals surface area contributed by atoms with Gasteiger partial charge in [-0.15, -0.1) is 0 Å². The topological polar surface area (TPSA) is 91.3 Å². The van der Waals surface area contributed by atoms with Crippen molar-refractivity contribution >= 4 is 17.7 Å². The van der Waals surface area contributed by atoms with Crippen LogP contribution in [0.5, 0.6) is 0 Å². The van der Waals surface area contributed by atoms with Crippen LogP contribution in [0.3, 0.4) is 0 Å². The molecule has 0 saturated heterocycles. The molecule has 136 valence electrons. The van der Waals surface area contributed by atoms with Crippen LogP contribution in [0.25, 0.3) is 11.1 Å². The zero-order chi connectivity index (χ0) is 19.2. The normalized spacial score (nSPS) is 11.4. The van der Waals surface area contributed by atoms with Crippen LogP contribution in [0.4, 0.5) is 14.9 Å². The highest BCUT2D eigenvalue weighted by Crippen LogP contribution is 2.22. The lowest BCUT2D eigenvalue weighted by Gasteiger charge is -2.18. The minimum atomic E-state index is -1.42. The van der Waals surface area contributed by atoms with E-state index in [1.165, 1.54) is 24.3 Å². The van der Waals surface area contributed by atoms with Crippen molar-refractivity contribution < 1.29 is 19.1 Å². The number of nitrogens with zero attached hydrogens (tertiary/aromatic N) is 1. The summed E-state index contributed by atoms with van der Waals surface area (Å²) in [5.41, 5.74) is 2.32. The van der Waals surface area contributed by atoms with Crippen LogP contribution in [0, 0.1) is 5.82 Å². The highest BCUT2D eigenvalue weighted by Gasteiger charge is 2.25. The van der Waals surface area contributed by atoms with E-state index in [2.05, 4.69) is 15.6 Å². The Morgan fingerprint density at radius 2 is 1.56 bits per heavy atom. The number of rotatable bonds is 5. The molecule has 7 heteroatoms. The molecule has 0 bridgehead atoms. The Hall–Kier alpha value is -3.74. The van der Waals surface area contributed by atoms with E-state index >= 15 is 0 Å². The maximum absolute atomic E-state index is 14.0. The van der Waals surface area contributed by atoms with Crippen molar-refractivity contribution in [3.8, 4) is 11.1 Å². The van der Waals surface area contributed by atoms with Crippen molar-refractivity contribution in [3.05, 3.63) is 84.4 Å². The van der Waals surface area contributed by atoms with Gasteiger partial charge in [0.15, 0.2) is 0 Å². The maximum Gasteiger partial charge on any atom is 0.405 e. The fourth-order valence-electron chi connectivity index (χ4n) is 2.62. The van der Waals surface area contributed by atoms with Gasteiger partial charge in [-0.3, -0.25) is 9.78 Å². The molecule has 0 aliphatic heterocycles. The number of carboxylic acid groups (broad SMARTS) is 1. The minimum absolute atomic E-state index is 0.0502. The second kappa shape index (κ2) is 8.09. The molecule has 6 nitrogen and oxygen atoms in total. The molecule has 0 radical (unpaired) electrons. The van der Waals surface area contributed by atoms with E-state index in [0.717, 1.165) is 11.1 Å². The van der Waals surface area contributed by atoms with Crippen LogP contribution in [0.2, 0.25) is 0 Å². The zero-order valence-electron chi connectivity index (χ0n) is 14.1. The Kier molecular flexibility index (Phi) is 5.41. The zero-order valence-corrected chi connectivity index (χ0v) is 14.1. The maximum atomic E-state index is 14.0. The van der Waals surface area contributed by atoms with Crippen LogP contribution >= 0.6 is 0 Å². The molecule has 0 aliphatic carbocycles. The fourth-order valence-corrected chi connectivity index (χ4v) is 2.62. The van der Waals surface area contributed by atoms with E-state index in [1.807, 2.05) is 24.3 Å². The first-order chi connectivity index (χ1) is 13.0. The van der Waals surface area contributed by atoms with Crippen molar-refractivity contribution in [2.24, 2.45) is 0 Å². The van der Waals surface area contributed by atoms with Gasteiger partial charge in [0.25, 0.3) is 5.91 Å². The number of carbonyl (C=O) groups excluding carboxylic acids is 1. The molecule has 1 heterocycles. The van der Waals surface area contributed by atoms with E-state index in [-0.39, 0.29) is 5.56 Å². The van der Waals surface area contributed by atoms with Crippen LogP contribution in [-0.4, -0.2) is 22.1 Å². The van der Waals surface area contributed by atoms with Crippen LogP contribution in [-0.2, 0) is 4.79 Å². The average Bonchev–Trinajstić information content (AvgIpc) is 2.68. The molecular formula is C20H16FN3O3. The molecule has 3 aromatic rings. The van der Waals surface area contributed by atoms with Gasteiger partial charge in [0.05, 0.1) is 0 Å². The summed E-state index contributed by atoms with van der Waals surface area (Å²) >= 11 is 0. The number of aromatic nitrogens is 1. The third-order valence-electron chi connectivity index (χ3n) is 3.91. The Balaban J connectivity index is 1.79. The molecular weight excluding hydrogens is 349 g/mol. The summed E-state index contributed by atoms with van der Waals surface area (Å²) in [6.45, 7) is 0. The van der Waals surface area contributed by atoms with E-state index in [1.54, 1.807) is 24.5 Å². The molecule has 1 unspecified atom stereocenters. The Labute approximate surface area is 154 Å². The molecule has 2 amide bonds. The SMILES string of the molecule is O=C(O)NC(C(=O)Nc1ccc(-c2ccncc2)cc1)c1ccccc1F. The van der Waals surface area contributed by atoms with Crippen LogP contribution < -0.4 is 10.6 Å². The molecule has 0 spiro atoms. The Bertz CT molecular complexity index is 946. The fraction of sp³-hybridized carbons (Fsp3) is 0.0500. The van der Waals surface area contributed by atoms with Gasteiger partial charge >= 0.3 is 6.09 Å². The minimum Gasteiger partial charge on any atom is -0.465 e. The molecule has 0 aliphatic rings. The van der Waals surface area contributed by atoms with Gasteiger partial charge in [-0.2, -0.15) is 0 Å². The molecule has 1 aromatic heterocycles. The predicted molar refractivity (Wildman–Crippen MR) is 98.6 cm³/mol. The van der Waals surface area contributed by atoms with Gasteiger partial charge in [-0.25, -0.2) is 9.18 Å². The lowest BCUT2D eigenvalue weighted by molar-refractivity contribution is -0.118. The third kappa shape index (κ3) is 4.46. The number of halogens is 1.